The van der Waals surface area contributed by atoms with Crippen molar-refractivity contribution in [3.63, 3.8) is 0 Å². The summed E-state index contributed by atoms with van der Waals surface area (Å²) in [4.78, 5) is 31.2. The van der Waals surface area contributed by atoms with Crippen LogP contribution in [0.4, 0.5) is 0 Å². The van der Waals surface area contributed by atoms with Crippen LogP contribution in [0.5, 0.6) is 0 Å². The third kappa shape index (κ3) is 4.44. The van der Waals surface area contributed by atoms with E-state index in [2.05, 4.69) is 0 Å². The zero-order valence-corrected chi connectivity index (χ0v) is 7.64. The Kier molecular flexibility index (Phi) is 4.62. The second kappa shape index (κ2) is 5.21. The molecule has 0 fully saturated rings. The summed E-state index contributed by atoms with van der Waals surface area (Å²) < 4.78 is 0. The second-order valence-electron chi connectivity index (χ2n) is 3.11. The Balaban J connectivity index is 4.30. The highest BCUT2D eigenvalue weighted by molar-refractivity contribution is 5.78. The van der Waals surface area contributed by atoms with Gasteiger partial charge in [-0.1, -0.05) is 6.92 Å². The summed E-state index contributed by atoms with van der Waals surface area (Å²) in [5.74, 6) is -5.63. The first-order valence-corrected chi connectivity index (χ1v) is 4.02. The van der Waals surface area contributed by atoms with Crippen molar-refractivity contribution in [2.45, 2.75) is 19.8 Å². The maximum absolute atomic E-state index is 10.5. The zero-order valence-electron chi connectivity index (χ0n) is 7.64. The van der Waals surface area contributed by atoms with Gasteiger partial charge in [-0.25, -0.2) is 0 Å². The number of carboxylic acid groups (broad SMARTS) is 3. The largest absolute Gasteiger partial charge is 0.481 e. The Morgan fingerprint density at radius 1 is 1.07 bits per heavy atom. The molecule has 0 spiro atoms. The van der Waals surface area contributed by atoms with Crippen molar-refractivity contribution in [3.8, 4) is 0 Å². The summed E-state index contributed by atoms with van der Waals surface area (Å²) in [5, 5.41) is 25.5. The van der Waals surface area contributed by atoms with E-state index in [0.29, 0.717) is 0 Å². The third-order valence-corrected chi connectivity index (χ3v) is 1.83. The van der Waals surface area contributed by atoms with Crippen LogP contribution in [-0.4, -0.2) is 33.2 Å². The Hall–Kier alpha value is -1.59. The highest BCUT2D eigenvalue weighted by Crippen LogP contribution is 2.16. The van der Waals surface area contributed by atoms with E-state index in [1.807, 2.05) is 0 Å². The van der Waals surface area contributed by atoms with Crippen molar-refractivity contribution < 1.29 is 29.7 Å². The SMILES string of the molecule is CC(CC(CC(=O)O)C(=O)O)C(=O)O. The fourth-order valence-electron chi connectivity index (χ4n) is 1.01. The van der Waals surface area contributed by atoms with Gasteiger partial charge in [0.1, 0.15) is 0 Å². The summed E-state index contributed by atoms with van der Waals surface area (Å²) in [6.45, 7) is 1.35. The van der Waals surface area contributed by atoms with Crippen molar-refractivity contribution in [3.05, 3.63) is 0 Å². The van der Waals surface area contributed by atoms with Gasteiger partial charge in [-0.2, -0.15) is 0 Å². The van der Waals surface area contributed by atoms with Gasteiger partial charge >= 0.3 is 17.9 Å². The highest BCUT2D eigenvalue weighted by atomic mass is 16.4. The van der Waals surface area contributed by atoms with Crippen LogP contribution >= 0.6 is 0 Å². The van der Waals surface area contributed by atoms with Crippen molar-refractivity contribution in [2.75, 3.05) is 0 Å². The molecule has 0 aromatic rings. The molecule has 2 atom stereocenters. The molecule has 0 radical (unpaired) electrons. The maximum Gasteiger partial charge on any atom is 0.307 e. The number of hydrogen-bond acceptors (Lipinski definition) is 3. The molecule has 6 nitrogen and oxygen atoms in total. The average Bonchev–Trinajstić information content (AvgIpc) is 2.01. The number of carbonyl (C=O) groups is 3. The Morgan fingerprint density at radius 3 is 1.86 bits per heavy atom. The van der Waals surface area contributed by atoms with E-state index in [0.717, 1.165) is 0 Å². The third-order valence-electron chi connectivity index (χ3n) is 1.83. The summed E-state index contributed by atoms with van der Waals surface area (Å²) in [6.07, 6.45) is -0.718. The van der Waals surface area contributed by atoms with Gasteiger partial charge in [-0.15, -0.1) is 0 Å². The van der Waals surface area contributed by atoms with Gasteiger partial charge in [0.25, 0.3) is 0 Å². The predicted molar refractivity (Wildman–Crippen MR) is 44.8 cm³/mol. The van der Waals surface area contributed by atoms with Crippen LogP contribution in [0, 0.1) is 11.8 Å². The molecule has 0 aromatic carbocycles. The Bertz CT molecular complexity index is 246. The second-order valence-corrected chi connectivity index (χ2v) is 3.11. The van der Waals surface area contributed by atoms with E-state index in [-0.39, 0.29) is 6.42 Å². The van der Waals surface area contributed by atoms with Gasteiger partial charge in [0.15, 0.2) is 0 Å². The standard InChI is InChI=1S/C8H12O6/c1-4(7(11)12)2-5(8(13)14)3-6(9)10/h4-5H,2-3H2,1H3,(H,9,10)(H,11,12)(H,13,14). The number of carboxylic acids is 3. The van der Waals surface area contributed by atoms with E-state index in [9.17, 15) is 14.4 Å². The van der Waals surface area contributed by atoms with Crippen molar-refractivity contribution in [2.24, 2.45) is 11.8 Å². The van der Waals surface area contributed by atoms with Crippen LogP contribution in [0.3, 0.4) is 0 Å². The van der Waals surface area contributed by atoms with Gasteiger partial charge in [0.2, 0.25) is 0 Å². The van der Waals surface area contributed by atoms with E-state index in [1.54, 1.807) is 0 Å². The van der Waals surface area contributed by atoms with Gasteiger partial charge in [0, 0.05) is 0 Å². The summed E-state index contributed by atoms with van der Waals surface area (Å²) >= 11 is 0. The first kappa shape index (κ1) is 12.4. The summed E-state index contributed by atoms with van der Waals surface area (Å²) in [7, 11) is 0. The number of hydrogen-bond donors (Lipinski definition) is 3. The maximum atomic E-state index is 10.5. The minimum absolute atomic E-state index is 0.170. The van der Waals surface area contributed by atoms with E-state index >= 15 is 0 Å². The van der Waals surface area contributed by atoms with E-state index in [4.69, 9.17) is 15.3 Å². The molecule has 0 rings (SSSR count). The smallest absolute Gasteiger partial charge is 0.307 e. The molecule has 0 aliphatic rings. The van der Waals surface area contributed by atoms with Crippen molar-refractivity contribution >= 4 is 17.9 Å². The molecule has 0 bridgehead atoms. The molecule has 0 saturated carbocycles. The molecule has 0 aliphatic heterocycles. The Labute approximate surface area is 80.2 Å². The molecule has 14 heavy (non-hydrogen) atoms. The molecule has 0 heterocycles. The first-order chi connectivity index (χ1) is 6.34. The van der Waals surface area contributed by atoms with Crippen LogP contribution < -0.4 is 0 Å². The van der Waals surface area contributed by atoms with E-state index < -0.39 is 36.2 Å². The van der Waals surface area contributed by atoms with Gasteiger partial charge in [-0.3, -0.25) is 14.4 Å². The lowest BCUT2D eigenvalue weighted by molar-refractivity contribution is -0.150. The van der Waals surface area contributed by atoms with Crippen LogP contribution in [-0.2, 0) is 14.4 Å². The zero-order chi connectivity index (χ0) is 11.3. The van der Waals surface area contributed by atoms with Gasteiger partial charge in [0.05, 0.1) is 18.3 Å². The molecule has 2 unspecified atom stereocenters. The lowest BCUT2D eigenvalue weighted by Gasteiger charge is -2.12. The monoisotopic (exact) mass is 204 g/mol. The minimum Gasteiger partial charge on any atom is -0.481 e. The van der Waals surface area contributed by atoms with E-state index in [1.165, 1.54) is 6.92 Å². The number of rotatable bonds is 6. The molecular formula is C8H12O6. The normalized spacial score (nSPS) is 14.4. The molecule has 80 valence electrons. The fraction of sp³-hybridized carbons (Fsp3) is 0.625. The molecule has 6 heteroatoms. The molecular weight excluding hydrogens is 192 g/mol. The molecule has 0 amide bonds. The van der Waals surface area contributed by atoms with Crippen LogP contribution in [0.2, 0.25) is 0 Å². The van der Waals surface area contributed by atoms with Crippen LogP contribution in [0.1, 0.15) is 19.8 Å². The average molecular weight is 204 g/mol. The first-order valence-electron chi connectivity index (χ1n) is 4.02. The minimum atomic E-state index is -1.28. The Morgan fingerprint density at radius 2 is 1.57 bits per heavy atom. The van der Waals surface area contributed by atoms with Crippen molar-refractivity contribution in [1.29, 1.82) is 0 Å². The van der Waals surface area contributed by atoms with Crippen LogP contribution in [0.25, 0.3) is 0 Å². The summed E-state index contributed by atoms with van der Waals surface area (Å²) in [5.41, 5.74) is 0. The molecule has 0 aromatic heterocycles. The lowest BCUT2D eigenvalue weighted by atomic mass is 9.93. The van der Waals surface area contributed by atoms with Crippen molar-refractivity contribution in [1.82, 2.24) is 0 Å². The quantitative estimate of drug-likeness (QED) is 0.572. The topological polar surface area (TPSA) is 112 Å². The highest BCUT2D eigenvalue weighted by Gasteiger charge is 2.25. The van der Waals surface area contributed by atoms with Crippen LogP contribution in [0.15, 0.2) is 0 Å². The molecule has 0 saturated heterocycles. The molecule has 3 N–H and O–H groups in total. The van der Waals surface area contributed by atoms with Gasteiger partial charge in [-0.05, 0) is 6.42 Å². The van der Waals surface area contributed by atoms with Gasteiger partial charge < -0.3 is 15.3 Å². The predicted octanol–water partition coefficient (Wildman–Crippen LogP) is 0.273. The fourth-order valence-corrected chi connectivity index (χ4v) is 1.01. The molecule has 0 aliphatic carbocycles. The lowest BCUT2D eigenvalue weighted by Crippen LogP contribution is -2.23. The summed E-state index contributed by atoms with van der Waals surface area (Å²) in [6, 6.07) is 0. The number of aliphatic carboxylic acids is 3.